The number of benzene rings is 2. The summed E-state index contributed by atoms with van der Waals surface area (Å²) in [6.45, 7) is 3.93. The predicted octanol–water partition coefficient (Wildman–Crippen LogP) is -1.50. The Balaban J connectivity index is 1.68. The highest BCUT2D eigenvalue weighted by Crippen LogP contribution is 2.49. The van der Waals surface area contributed by atoms with Crippen LogP contribution in [0, 0.1) is 11.3 Å². The van der Waals surface area contributed by atoms with Gasteiger partial charge in [-0.25, -0.2) is 0 Å². The summed E-state index contributed by atoms with van der Waals surface area (Å²) in [4.78, 5) is 4.68. The maximum absolute atomic E-state index is 9.80. The van der Waals surface area contributed by atoms with Gasteiger partial charge >= 0.3 is 0 Å². The molecule has 0 spiro atoms. The van der Waals surface area contributed by atoms with Gasteiger partial charge in [-0.2, -0.15) is 10.2 Å². The quantitative estimate of drug-likeness (QED) is 0.411. The van der Waals surface area contributed by atoms with Crippen LogP contribution in [0.25, 0.3) is 22.8 Å². The van der Waals surface area contributed by atoms with Gasteiger partial charge in [0.2, 0.25) is 5.82 Å². The van der Waals surface area contributed by atoms with Crippen LogP contribution in [0.2, 0.25) is 5.21 Å². The van der Waals surface area contributed by atoms with E-state index < -0.39 is 10.8 Å². The molecule has 0 fully saturated rings. The van der Waals surface area contributed by atoms with Crippen molar-refractivity contribution in [3.05, 3.63) is 53.1 Å². The number of aromatic nitrogens is 2. The zero-order valence-corrected chi connectivity index (χ0v) is 21.6. The highest BCUT2D eigenvalue weighted by molar-refractivity contribution is 6.42. The van der Waals surface area contributed by atoms with Gasteiger partial charge in [-0.1, -0.05) is 28.6 Å². The number of nitrogens with one attached hydrogen (secondary N) is 1. The highest BCUT2D eigenvalue weighted by Gasteiger charge is 2.42. The van der Waals surface area contributed by atoms with E-state index >= 15 is 0 Å². The zero-order chi connectivity index (χ0) is 25.6. The van der Waals surface area contributed by atoms with Gasteiger partial charge in [-0.3, -0.25) is 0 Å². The minimum Gasteiger partial charge on any atom is -0.496 e. The minimum atomic E-state index is -0.411. The summed E-state index contributed by atoms with van der Waals surface area (Å²) in [6.07, 6.45) is 0.846. The fourth-order valence-corrected chi connectivity index (χ4v) is 4.59. The molecule has 174 valence electrons. The van der Waals surface area contributed by atoms with Gasteiger partial charge < -0.3 is 19.7 Å². The van der Waals surface area contributed by atoms with Crippen LogP contribution in [0.1, 0.15) is 36.6 Å². The standard InChI is InChI=1S/C23H29B5N4O3/c1-21(2,24)34-17-7-6-12(8-13(17)10-29)20-30-19(32-35-20)15-5-3-4-14-16(15)9-22(25,26)18(14)31-23(27,28)11-33/h3-8,18,31,33H,9,11,24-28H2,1-2H3/t18-/m1/s1. The van der Waals surface area contributed by atoms with Crippen LogP contribution in [0.3, 0.4) is 0 Å². The molecule has 2 aromatic carbocycles. The van der Waals surface area contributed by atoms with Crippen molar-refractivity contribution in [2.45, 2.75) is 42.4 Å². The molecule has 35 heavy (non-hydrogen) atoms. The number of aliphatic hydroxyl groups is 1. The number of fused-ring (bicyclic) bond motifs is 1. The number of hydrogen-bond donors (Lipinski definition) is 2. The van der Waals surface area contributed by atoms with E-state index in [-0.39, 0.29) is 17.9 Å². The molecule has 0 unspecified atom stereocenters. The lowest BCUT2D eigenvalue weighted by Crippen LogP contribution is -2.53. The van der Waals surface area contributed by atoms with Crippen molar-refractivity contribution in [3.63, 3.8) is 0 Å². The predicted molar refractivity (Wildman–Crippen MR) is 149 cm³/mol. The maximum atomic E-state index is 9.80. The average molecular weight is 464 g/mol. The number of nitrogens with zero attached hydrogens (tertiary/aromatic N) is 3. The van der Waals surface area contributed by atoms with Crippen LogP contribution in [-0.4, -0.2) is 71.9 Å². The molecular weight excluding hydrogens is 434 g/mol. The van der Waals surface area contributed by atoms with Crippen molar-refractivity contribution in [1.82, 2.24) is 15.5 Å². The number of rotatable bonds is 7. The Hall–Kier alpha value is -2.89. The summed E-state index contributed by atoms with van der Waals surface area (Å²) >= 11 is 0. The van der Waals surface area contributed by atoms with Crippen molar-refractivity contribution in [2.24, 2.45) is 0 Å². The molecule has 0 bridgehead atoms. The van der Waals surface area contributed by atoms with Crippen molar-refractivity contribution in [1.29, 1.82) is 5.26 Å². The molecule has 0 saturated carbocycles. The molecule has 0 saturated heterocycles. The molecule has 0 amide bonds. The zero-order valence-electron chi connectivity index (χ0n) is 21.6. The molecule has 1 aliphatic rings. The number of hydrogen-bond acceptors (Lipinski definition) is 7. The summed E-state index contributed by atoms with van der Waals surface area (Å²) in [5.41, 5.74) is 3.98. The maximum Gasteiger partial charge on any atom is 0.258 e. The normalized spacial score (nSPS) is 17.0. The van der Waals surface area contributed by atoms with E-state index in [2.05, 4.69) is 43.3 Å². The molecule has 1 atom stereocenters. The van der Waals surface area contributed by atoms with Crippen LogP contribution in [0.4, 0.5) is 0 Å². The fraction of sp³-hybridized carbons (Fsp3) is 0.348. The summed E-state index contributed by atoms with van der Waals surface area (Å²) in [7, 11) is 10.4. The smallest absolute Gasteiger partial charge is 0.258 e. The van der Waals surface area contributed by atoms with Crippen molar-refractivity contribution in [3.8, 4) is 34.7 Å². The monoisotopic (exact) mass is 464 g/mol. The molecular formula is C23H29B5N4O3. The van der Waals surface area contributed by atoms with Crippen LogP contribution in [-0.2, 0) is 6.42 Å². The molecule has 1 aromatic heterocycles. The number of aliphatic hydroxyl groups excluding tert-OH is 1. The first-order chi connectivity index (χ1) is 16.3. The van der Waals surface area contributed by atoms with Crippen LogP contribution in [0.15, 0.2) is 40.9 Å². The van der Waals surface area contributed by atoms with Gasteiger partial charge in [-0.15, -0.1) is 0 Å². The van der Waals surface area contributed by atoms with E-state index in [0.717, 1.165) is 12.0 Å². The third-order valence-electron chi connectivity index (χ3n) is 6.30. The fourth-order valence-electron chi connectivity index (χ4n) is 4.59. The average Bonchev–Trinajstić information content (AvgIpc) is 3.35. The Kier molecular flexibility index (Phi) is 6.46. The third kappa shape index (κ3) is 5.22. The van der Waals surface area contributed by atoms with Crippen LogP contribution in [0.5, 0.6) is 5.75 Å². The van der Waals surface area contributed by atoms with Gasteiger partial charge in [0, 0.05) is 23.8 Å². The minimum absolute atomic E-state index is 0.0487. The van der Waals surface area contributed by atoms with Crippen LogP contribution < -0.4 is 10.1 Å². The lowest BCUT2D eigenvalue weighted by molar-refractivity contribution is 0.197. The number of ether oxygens (including phenoxy) is 1. The van der Waals surface area contributed by atoms with Gasteiger partial charge in [0.1, 0.15) is 43.2 Å². The van der Waals surface area contributed by atoms with E-state index in [4.69, 9.17) is 9.26 Å². The van der Waals surface area contributed by atoms with Gasteiger partial charge in [0.15, 0.2) is 7.85 Å². The molecule has 4 rings (SSSR count). The first kappa shape index (κ1) is 25.2. The van der Waals surface area contributed by atoms with Gasteiger partial charge in [0.05, 0.1) is 11.1 Å². The van der Waals surface area contributed by atoms with E-state index in [1.807, 2.05) is 55.6 Å². The summed E-state index contributed by atoms with van der Waals surface area (Å²) in [6, 6.07) is 13.8. The molecule has 7 nitrogen and oxygen atoms in total. The SMILES string of the molecule is BC(B)(CO)N[C@@H]1c2cccc(-c3noc(-c4ccc(OC(B)(C)C)c(C#N)c4)n3)c2CC1(B)B. The largest absolute Gasteiger partial charge is 0.496 e. The lowest BCUT2D eigenvalue weighted by Gasteiger charge is -2.36. The van der Waals surface area contributed by atoms with Gasteiger partial charge in [0.25, 0.3) is 5.89 Å². The molecule has 0 aliphatic heterocycles. The van der Waals surface area contributed by atoms with E-state index in [1.54, 1.807) is 12.1 Å². The Morgan fingerprint density at radius 3 is 2.66 bits per heavy atom. The summed E-state index contributed by atoms with van der Waals surface area (Å²) in [5.74, 6) is 1.39. The van der Waals surface area contributed by atoms with E-state index in [1.165, 1.54) is 11.1 Å². The topological polar surface area (TPSA) is 104 Å². The van der Waals surface area contributed by atoms with Crippen molar-refractivity contribution < 1.29 is 14.4 Å². The molecule has 1 aliphatic carbocycles. The second-order valence-electron chi connectivity index (χ2n) is 11.6. The second-order valence-corrected chi connectivity index (χ2v) is 11.6. The molecule has 3 aromatic rings. The molecule has 1 heterocycles. The van der Waals surface area contributed by atoms with E-state index in [0.29, 0.717) is 28.6 Å². The molecule has 0 radical (unpaired) electrons. The first-order valence-electron chi connectivity index (χ1n) is 11.9. The highest BCUT2D eigenvalue weighted by atomic mass is 16.5. The number of nitriles is 1. The van der Waals surface area contributed by atoms with E-state index in [9.17, 15) is 10.4 Å². The Morgan fingerprint density at radius 1 is 1.26 bits per heavy atom. The third-order valence-corrected chi connectivity index (χ3v) is 6.30. The summed E-state index contributed by atoms with van der Waals surface area (Å²) in [5, 5.41) is 26.9. The Morgan fingerprint density at radius 2 is 2.00 bits per heavy atom. The molecule has 12 heteroatoms. The second kappa shape index (κ2) is 8.96. The Bertz CT molecular complexity index is 1300. The lowest BCUT2D eigenvalue weighted by atomic mass is 9.49. The van der Waals surface area contributed by atoms with Crippen molar-refractivity contribution in [2.75, 3.05) is 6.61 Å². The summed E-state index contributed by atoms with van der Waals surface area (Å²) < 4.78 is 11.5. The molecule has 2 N–H and O–H groups in total. The Labute approximate surface area is 211 Å². The first-order valence-corrected chi connectivity index (χ1v) is 11.9. The van der Waals surface area contributed by atoms with Crippen LogP contribution >= 0.6 is 0 Å². The van der Waals surface area contributed by atoms with Crippen molar-refractivity contribution >= 4 is 39.2 Å². The van der Waals surface area contributed by atoms with Gasteiger partial charge in [-0.05, 0) is 54.9 Å².